The molecule has 0 unspecified atom stereocenters. The molecule has 162 valence electrons. The average Bonchev–Trinajstić information content (AvgIpc) is 3.19. The molecule has 0 saturated carbocycles. The van der Waals surface area contributed by atoms with Gasteiger partial charge in [0.2, 0.25) is 11.8 Å². The van der Waals surface area contributed by atoms with Gasteiger partial charge in [-0.1, -0.05) is 44.2 Å². The third kappa shape index (κ3) is 9.39. The van der Waals surface area contributed by atoms with Gasteiger partial charge >= 0.3 is 0 Å². The van der Waals surface area contributed by atoms with Gasteiger partial charge < -0.3 is 21.1 Å². The largest absolute Gasteiger partial charge is 0.390 e. The van der Waals surface area contributed by atoms with Crippen LogP contribution in [0.4, 0.5) is 0 Å². The van der Waals surface area contributed by atoms with Gasteiger partial charge in [0.05, 0.1) is 25.2 Å². The van der Waals surface area contributed by atoms with Crippen molar-refractivity contribution in [3.05, 3.63) is 35.9 Å². The fourth-order valence-electron chi connectivity index (χ4n) is 3.45. The SMILES string of the molecule is CC(C)CNC[C@@H](O)[C@H](Cc1ccccc1)NC(=O)CNC(=O)CN1CCCC1. The summed E-state index contributed by atoms with van der Waals surface area (Å²) in [6.45, 7) is 7.54. The molecular formula is C22H36N4O3. The van der Waals surface area contributed by atoms with Crippen LogP contribution in [0.25, 0.3) is 0 Å². The number of hydrogen-bond acceptors (Lipinski definition) is 5. The summed E-state index contributed by atoms with van der Waals surface area (Å²) in [4.78, 5) is 26.5. The molecule has 0 spiro atoms. The fraction of sp³-hybridized carbons (Fsp3) is 0.636. The second-order valence-electron chi connectivity index (χ2n) is 8.24. The van der Waals surface area contributed by atoms with Crippen LogP contribution in [0.2, 0.25) is 0 Å². The summed E-state index contributed by atoms with van der Waals surface area (Å²) in [5.74, 6) is 0.0552. The molecule has 4 N–H and O–H groups in total. The van der Waals surface area contributed by atoms with Crippen LogP contribution in [0.15, 0.2) is 30.3 Å². The number of amides is 2. The zero-order chi connectivity index (χ0) is 21.1. The van der Waals surface area contributed by atoms with Crippen LogP contribution >= 0.6 is 0 Å². The lowest BCUT2D eigenvalue weighted by Gasteiger charge is -2.25. The van der Waals surface area contributed by atoms with Crippen molar-refractivity contribution in [2.24, 2.45) is 5.92 Å². The number of carbonyl (C=O) groups is 2. The highest BCUT2D eigenvalue weighted by atomic mass is 16.3. The molecule has 2 amide bonds. The zero-order valence-corrected chi connectivity index (χ0v) is 17.7. The number of aliphatic hydroxyl groups excluding tert-OH is 1. The Labute approximate surface area is 174 Å². The number of hydrogen-bond donors (Lipinski definition) is 4. The van der Waals surface area contributed by atoms with Crippen molar-refractivity contribution in [1.82, 2.24) is 20.9 Å². The van der Waals surface area contributed by atoms with Crippen molar-refractivity contribution in [3.8, 4) is 0 Å². The van der Waals surface area contributed by atoms with Crippen molar-refractivity contribution in [1.29, 1.82) is 0 Å². The Balaban J connectivity index is 1.83. The van der Waals surface area contributed by atoms with E-state index in [0.717, 1.165) is 38.0 Å². The van der Waals surface area contributed by atoms with Gasteiger partial charge in [0.1, 0.15) is 0 Å². The predicted octanol–water partition coefficient (Wildman–Crippen LogP) is 0.532. The molecule has 7 nitrogen and oxygen atoms in total. The van der Waals surface area contributed by atoms with Crippen LogP contribution < -0.4 is 16.0 Å². The van der Waals surface area contributed by atoms with E-state index >= 15 is 0 Å². The normalized spacial score (nSPS) is 16.6. The zero-order valence-electron chi connectivity index (χ0n) is 17.7. The Kier molecular flexibility index (Phi) is 10.1. The van der Waals surface area contributed by atoms with Gasteiger partial charge in [0.25, 0.3) is 0 Å². The van der Waals surface area contributed by atoms with E-state index in [1.165, 1.54) is 0 Å². The number of rotatable bonds is 12. The van der Waals surface area contributed by atoms with Gasteiger partial charge in [-0.25, -0.2) is 0 Å². The summed E-state index contributed by atoms with van der Waals surface area (Å²) < 4.78 is 0. The second-order valence-corrected chi connectivity index (χ2v) is 8.24. The molecule has 0 radical (unpaired) electrons. The average molecular weight is 405 g/mol. The highest BCUT2D eigenvalue weighted by Gasteiger charge is 2.22. The summed E-state index contributed by atoms with van der Waals surface area (Å²) in [6, 6.07) is 9.34. The summed E-state index contributed by atoms with van der Waals surface area (Å²) in [5, 5.41) is 19.4. The fourth-order valence-corrected chi connectivity index (χ4v) is 3.45. The van der Waals surface area contributed by atoms with E-state index in [1.54, 1.807) is 0 Å². The first kappa shape index (κ1) is 23.3. The molecule has 1 aliphatic heterocycles. The molecule has 2 rings (SSSR count). The summed E-state index contributed by atoms with van der Waals surface area (Å²) >= 11 is 0. The first-order valence-corrected chi connectivity index (χ1v) is 10.6. The molecule has 7 heteroatoms. The maximum absolute atomic E-state index is 12.4. The summed E-state index contributed by atoms with van der Waals surface area (Å²) in [6.07, 6.45) is 2.05. The highest BCUT2D eigenvalue weighted by Crippen LogP contribution is 2.07. The van der Waals surface area contributed by atoms with Crippen LogP contribution in [0.1, 0.15) is 32.3 Å². The van der Waals surface area contributed by atoms with Crippen LogP contribution in [-0.4, -0.2) is 73.2 Å². The minimum absolute atomic E-state index is 0.0793. The quantitative estimate of drug-likeness (QED) is 0.408. The molecule has 0 bridgehead atoms. The molecule has 1 aromatic rings. The summed E-state index contributed by atoms with van der Waals surface area (Å²) in [5.41, 5.74) is 1.04. The van der Waals surface area contributed by atoms with E-state index in [0.29, 0.717) is 25.4 Å². The van der Waals surface area contributed by atoms with Gasteiger partial charge in [-0.15, -0.1) is 0 Å². The first-order chi connectivity index (χ1) is 13.9. The smallest absolute Gasteiger partial charge is 0.239 e. The van der Waals surface area contributed by atoms with E-state index in [9.17, 15) is 14.7 Å². The number of nitrogens with one attached hydrogen (secondary N) is 3. The Morgan fingerprint density at radius 1 is 1.07 bits per heavy atom. The lowest BCUT2D eigenvalue weighted by atomic mass is 10.0. The molecule has 1 heterocycles. The number of aliphatic hydroxyl groups is 1. The predicted molar refractivity (Wildman–Crippen MR) is 114 cm³/mol. The molecule has 2 atom stereocenters. The van der Waals surface area contributed by atoms with Crippen LogP contribution in [0.5, 0.6) is 0 Å². The maximum atomic E-state index is 12.4. The van der Waals surface area contributed by atoms with E-state index in [1.807, 2.05) is 30.3 Å². The second kappa shape index (κ2) is 12.6. The van der Waals surface area contributed by atoms with Gasteiger partial charge in [-0.3, -0.25) is 14.5 Å². The molecule has 0 aromatic heterocycles. The topological polar surface area (TPSA) is 93.7 Å². The van der Waals surface area contributed by atoms with E-state index in [4.69, 9.17) is 0 Å². The third-order valence-electron chi connectivity index (χ3n) is 5.03. The maximum Gasteiger partial charge on any atom is 0.239 e. The van der Waals surface area contributed by atoms with Crippen molar-refractivity contribution < 1.29 is 14.7 Å². The number of benzene rings is 1. The Morgan fingerprint density at radius 3 is 2.41 bits per heavy atom. The Hall–Kier alpha value is -1.96. The first-order valence-electron chi connectivity index (χ1n) is 10.6. The van der Waals surface area contributed by atoms with Crippen LogP contribution in [0.3, 0.4) is 0 Å². The van der Waals surface area contributed by atoms with Gasteiger partial charge in [-0.05, 0) is 50.4 Å². The number of carbonyl (C=O) groups excluding carboxylic acids is 2. The van der Waals surface area contributed by atoms with E-state index < -0.39 is 12.1 Å². The monoisotopic (exact) mass is 404 g/mol. The van der Waals surface area contributed by atoms with E-state index in [2.05, 4.69) is 34.7 Å². The van der Waals surface area contributed by atoms with Crippen LogP contribution in [0, 0.1) is 5.92 Å². The highest BCUT2D eigenvalue weighted by molar-refractivity contribution is 5.85. The molecule has 0 aliphatic carbocycles. The van der Waals surface area contributed by atoms with Crippen molar-refractivity contribution in [3.63, 3.8) is 0 Å². The molecule has 29 heavy (non-hydrogen) atoms. The van der Waals surface area contributed by atoms with Crippen molar-refractivity contribution in [2.75, 3.05) is 39.3 Å². The number of likely N-dealkylation sites (tertiary alicyclic amines) is 1. The molecule has 1 fully saturated rings. The Bertz CT molecular complexity index is 618. The molecular weight excluding hydrogens is 368 g/mol. The molecule has 1 saturated heterocycles. The van der Waals surface area contributed by atoms with Gasteiger partial charge in [0, 0.05) is 6.54 Å². The van der Waals surface area contributed by atoms with Crippen molar-refractivity contribution >= 4 is 11.8 Å². The van der Waals surface area contributed by atoms with Gasteiger partial charge in [0.15, 0.2) is 0 Å². The third-order valence-corrected chi connectivity index (χ3v) is 5.03. The van der Waals surface area contributed by atoms with E-state index in [-0.39, 0.29) is 18.4 Å². The Morgan fingerprint density at radius 2 is 1.76 bits per heavy atom. The summed E-state index contributed by atoms with van der Waals surface area (Å²) in [7, 11) is 0. The number of nitrogens with zero attached hydrogens (tertiary/aromatic N) is 1. The van der Waals surface area contributed by atoms with Crippen LogP contribution in [-0.2, 0) is 16.0 Å². The standard InChI is InChI=1S/C22H36N4O3/c1-17(2)13-23-14-20(27)19(12-18-8-4-3-5-9-18)25-21(28)15-24-22(29)16-26-10-6-7-11-26/h3-5,8-9,17,19-20,23,27H,6-7,10-16H2,1-2H3,(H,24,29)(H,25,28)/t19-,20+/m0/s1. The van der Waals surface area contributed by atoms with Gasteiger partial charge in [-0.2, -0.15) is 0 Å². The lowest BCUT2D eigenvalue weighted by molar-refractivity contribution is -0.127. The molecule has 1 aliphatic rings. The minimum Gasteiger partial charge on any atom is -0.390 e. The van der Waals surface area contributed by atoms with Crippen molar-refractivity contribution in [2.45, 2.75) is 45.3 Å². The lowest BCUT2D eigenvalue weighted by Crippen LogP contribution is -2.51. The minimum atomic E-state index is -0.724. The molecule has 1 aromatic carbocycles.